The second kappa shape index (κ2) is 12.0. The van der Waals surface area contributed by atoms with Crippen molar-refractivity contribution in [3.63, 3.8) is 0 Å². The Hall–Kier alpha value is -1.57. The summed E-state index contributed by atoms with van der Waals surface area (Å²) in [4.78, 5) is 11.8. The van der Waals surface area contributed by atoms with Crippen molar-refractivity contribution in [2.24, 2.45) is 11.8 Å². The first-order chi connectivity index (χ1) is 13.1. The van der Waals surface area contributed by atoms with Crippen LogP contribution in [-0.4, -0.2) is 5.97 Å². The third-order valence-corrected chi connectivity index (χ3v) is 5.96. The number of unbranched alkanes of at least 4 members (excludes halogenated alkanes) is 4. The van der Waals surface area contributed by atoms with E-state index in [9.17, 15) is 4.79 Å². The van der Waals surface area contributed by atoms with E-state index < -0.39 is 0 Å². The molecule has 0 fully saturated rings. The molecule has 2 unspecified atom stereocenters. The number of ether oxygens (including phenoxy) is 1. The highest BCUT2D eigenvalue weighted by molar-refractivity contribution is 5.73. The van der Waals surface area contributed by atoms with Crippen LogP contribution >= 0.6 is 0 Å². The minimum Gasteiger partial charge on any atom is -0.427 e. The quantitative estimate of drug-likeness (QED) is 0.228. The lowest BCUT2D eigenvalue weighted by atomic mass is 9.78. The summed E-state index contributed by atoms with van der Waals surface area (Å²) in [5, 5.41) is 0. The molecule has 0 spiro atoms. The maximum absolute atomic E-state index is 11.8. The highest BCUT2D eigenvalue weighted by Gasteiger charge is 2.20. The molecule has 0 saturated heterocycles. The van der Waals surface area contributed by atoms with E-state index in [1.807, 2.05) is 12.1 Å². The molecule has 2 heteroatoms. The van der Waals surface area contributed by atoms with Gasteiger partial charge in [-0.25, -0.2) is 0 Å². The van der Waals surface area contributed by atoms with Crippen LogP contribution in [0.15, 0.2) is 30.3 Å². The Kier molecular flexibility index (Phi) is 9.66. The highest BCUT2D eigenvalue weighted by Crippen LogP contribution is 2.36. The molecule has 2 rings (SSSR count). The van der Waals surface area contributed by atoms with Crippen LogP contribution in [0.2, 0.25) is 0 Å². The minimum absolute atomic E-state index is 0.118. The number of esters is 1. The number of benzene rings is 1. The molecule has 150 valence electrons. The highest BCUT2D eigenvalue weighted by atomic mass is 16.5. The van der Waals surface area contributed by atoms with Crippen LogP contribution in [0.5, 0.6) is 5.75 Å². The van der Waals surface area contributed by atoms with E-state index in [0.717, 1.165) is 31.1 Å². The Morgan fingerprint density at radius 1 is 1.07 bits per heavy atom. The molecule has 0 aromatic heterocycles. The molecule has 0 amide bonds. The topological polar surface area (TPSA) is 26.3 Å². The molecule has 0 N–H and O–H groups in total. The summed E-state index contributed by atoms with van der Waals surface area (Å²) < 4.78 is 5.44. The SMILES string of the molecule is CCCCCC(=O)Oc1ccc(C2=CCC(C(C)CCCCC)CC2)cc1. The van der Waals surface area contributed by atoms with Crippen molar-refractivity contribution in [2.45, 2.75) is 91.4 Å². The normalized spacial score (nSPS) is 18.0. The number of rotatable bonds is 11. The van der Waals surface area contributed by atoms with Crippen molar-refractivity contribution >= 4 is 11.5 Å². The Labute approximate surface area is 166 Å². The van der Waals surface area contributed by atoms with Crippen LogP contribution < -0.4 is 4.74 Å². The third kappa shape index (κ3) is 7.52. The number of allylic oxidation sites excluding steroid dienone is 2. The predicted octanol–water partition coefficient (Wildman–Crippen LogP) is 7.57. The van der Waals surface area contributed by atoms with Crippen molar-refractivity contribution in [1.29, 1.82) is 0 Å². The van der Waals surface area contributed by atoms with Crippen LogP contribution in [0.3, 0.4) is 0 Å². The van der Waals surface area contributed by atoms with Gasteiger partial charge in [-0.05, 0) is 60.8 Å². The van der Waals surface area contributed by atoms with E-state index in [-0.39, 0.29) is 5.97 Å². The number of hydrogen-bond acceptors (Lipinski definition) is 2. The average molecular weight is 371 g/mol. The van der Waals surface area contributed by atoms with E-state index in [1.165, 1.54) is 56.1 Å². The van der Waals surface area contributed by atoms with Gasteiger partial charge in [0.15, 0.2) is 0 Å². The molecule has 27 heavy (non-hydrogen) atoms. The molecule has 0 saturated carbocycles. The summed E-state index contributed by atoms with van der Waals surface area (Å²) in [5.41, 5.74) is 2.73. The van der Waals surface area contributed by atoms with Crippen molar-refractivity contribution in [3.05, 3.63) is 35.9 Å². The Bertz CT molecular complexity index is 585. The molecular weight excluding hydrogens is 332 g/mol. The molecule has 0 aliphatic heterocycles. The van der Waals surface area contributed by atoms with Gasteiger partial charge in [-0.2, -0.15) is 0 Å². The van der Waals surface area contributed by atoms with Gasteiger partial charge in [-0.1, -0.05) is 77.5 Å². The fourth-order valence-electron chi connectivity index (χ4n) is 4.02. The summed E-state index contributed by atoms with van der Waals surface area (Å²) >= 11 is 0. The monoisotopic (exact) mass is 370 g/mol. The van der Waals surface area contributed by atoms with Gasteiger partial charge in [0.2, 0.25) is 0 Å². The lowest BCUT2D eigenvalue weighted by Gasteiger charge is -2.27. The smallest absolute Gasteiger partial charge is 0.311 e. The molecule has 0 radical (unpaired) electrons. The summed E-state index contributed by atoms with van der Waals surface area (Å²) in [5.74, 6) is 2.23. The van der Waals surface area contributed by atoms with Gasteiger partial charge in [0, 0.05) is 6.42 Å². The second-order valence-corrected chi connectivity index (χ2v) is 8.19. The van der Waals surface area contributed by atoms with Crippen LogP contribution in [0.1, 0.15) is 97.0 Å². The zero-order chi connectivity index (χ0) is 19.5. The molecule has 1 aliphatic rings. The summed E-state index contributed by atoms with van der Waals surface area (Å²) in [6, 6.07) is 8.08. The van der Waals surface area contributed by atoms with Gasteiger partial charge in [0.1, 0.15) is 5.75 Å². The fraction of sp³-hybridized carbons (Fsp3) is 0.640. The van der Waals surface area contributed by atoms with Crippen molar-refractivity contribution < 1.29 is 9.53 Å². The zero-order valence-electron chi connectivity index (χ0n) is 17.6. The lowest BCUT2D eigenvalue weighted by Crippen LogP contribution is -2.14. The molecular formula is C25H38O2. The molecule has 1 aromatic rings. The summed E-state index contributed by atoms with van der Waals surface area (Å²) in [6.45, 7) is 6.85. The van der Waals surface area contributed by atoms with Gasteiger partial charge < -0.3 is 4.74 Å². The van der Waals surface area contributed by atoms with E-state index in [2.05, 4.69) is 39.0 Å². The predicted molar refractivity (Wildman–Crippen MR) is 115 cm³/mol. The van der Waals surface area contributed by atoms with Gasteiger partial charge in [0.25, 0.3) is 0 Å². The Morgan fingerprint density at radius 2 is 1.78 bits per heavy atom. The van der Waals surface area contributed by atoms with Crippen LogP contribution in [0.25, 0.3) is 5.57 Å². The van der Waals surface area contributed by atoms with Crippen LogP contribution in [0, 0.1) is 11.8 Å². The number of hydrogen-bond donors (Lipinski definition) is 0. The van der Waals surface area contributed by atoms with Gasteiger partial charge in [-0.3, -0.25) is 4.79 Å². The second-order valence-electron chi connectivity index (χ2n) is 8.19. The van der Waals surface area contributed by atoms with Crippen molar-refractivity contribution in [1.82, 2.24) is 0 Å². The van der Waals surface area contributed by atoms with Gasteiger partial charge in [0.05, 0.1) is 0 Å². The molecule has 1 aliphatic carbocycles. The largest absolute Gasteiger partial charge is 0.427 e. The number of carbonyl (C=O) groups excluding carboxylic acids is 1. The Balaban J connectivity index is 1.82. The Morgan fingerprint density at radius 3 is 2.41 bits per heavy atom. The average Bonchev–Trinajstić information content (AvgIpc) is 2.69. The van der Waals surface area contributed by atoms with Crippen LogP contribution in [0.4, 0.5) is 0 Å². The van der Waals surface area contributed by atoms with Gasteiger partial charge >= 0.3 is 5.97 Å². The first-order valence-electron chi connectivity index (χ1n) is 11.1. The van der Waals surface area contributed by atoms with E-state index in [1.54, 1.807) is 0 Å². The molecule has 2 atom stereocenters. The molecule has 2 nitrogen and oxygen atoms in total. The summed E-state index contributed by atoms with van der Waals surface area (Å²) in [6.07, 6.45) is 15.2. The van der Waals surface area contributed by atoms with E-state index in [0.29, 0.717) is 12.2 Å². The van der Waals surface area contributed by atoms with Gasteiger partial charge in [-0.15, -0.1) is 0 Å². The maximum atomic E-state index is 11.8. The first-order valence-corrected chi connectivity index (χ1v) is 11.1. The molecule has 1 aromatic carbocycles. The molecule has 0 bridgehead atoms. The minimum atomic E-state index is -0.118. The number of carbonyl (C=O) groups is 1. The fourth-order valence-corrected chi connectivity index (χ4v) is 4.02. The van der Waals surface area contributed by atoms with E-state index >= 15 is 0 Å². The van der Waals surface area contributed by atoms with Crippen molar-refractivity contribution in [2.75, 3.05) is 0 Å². The maximum Gasteiger partial charge on any atom is 0.311 e. The van der Waals surface area contributed by atoms with Crippen LogP contribution in [-0.2, 0) is 4.79 Å². The lowest BCUT2D eigenvalue weighted by molar-refractivity contribution is -0.134. The first kappa shape index (κ1) is 21.7. The summed E-state index contributed by atoms with van der Waals surface area (Å²) in [7, 11) is 0. The van der Waals surface area contributed by atoms with Crippen molar-refractivity contribution in [3.8, 4) is 5.75 Å². The molecule has 0 heterocycles. The zero-order valence-corrected chi connectivity index (χ0v) is 17.6. The third-order valence-electron chi connectivity index (χ3n) is 5.96. The standard InChI is InChI=1S/C25H38O2/c1-4-6-8-10-20(3)21-12-14-22(15-13-21)23-16-18-24(19-17-23)27-25(26)11-9-7-5-2/h14,16-21H,4-13,15H2,1-3H3. The van der Waals surface area contributed by atoms with E-state index in [4.69, 9.17) is 4.74 Å².